The largest absolute Gasteiger partial charge is 0.491 e. The minimum Gasteiger partial charge on any atom is -0.491 e. The summed E-state index contributed by atoms with van der Waals surface area (Å²) in [7, 11) is 4.21. The van der Waals surface area contributed by atoms with Crippen molar-refractivity contribution in [2.45, 2.75) is 136 Å². The summed E-state index contributed by atoms with van der Waals surface area (Å²) in [6, 6.07) is 18.7. The first-order valence-electron chi connectivity index (χ1n) is 16.6. The smallest absolute Gasteiger partial charge is 0.364 e. The van der Waals surface area contributed by atoms with Crippen LogP contribution in [0.5, 0.6) is 5.75 Å². The highest BCUT2D eigenvalue weighted by Crippen LogP contribution is 2.20. The van der Waals surface area contributed by atoms with E-state index in [9.17, 15) is 4.79 Å². The first-order chi connectivity index (χ1) is 19.9. The van der Waals surface area contributed by atoms with Gasteiger partial charge in [-0.2, -0.15) is 0 Å². The van der Waals surface area contributed by atoms with Crippen molar-refractivity contribution in [1.29, 1.82) is 0 Å². The maximum Gasteiger partial charge on any atom is 0.364 e. The number of esters is 1. The summed E-state index contributed by atoms with van der Waals surface area (Å²) in [6.45, 7) is 7.55. The third-order valence-corrected chi connectivity index (χ3v) is 8.28. The first-order valence-corrected chi connectivity index (χ1v) is 16.6. The van der Waals surface area contributed by atoms with Crippen molar-refractivity contribution in [3.63, 3.8) is 0 Å². The lowest BCUT2D eigenvalue weighted by Gasteiger charge is -2.36. The van der Waals surface area contributed by atoms with E-state index in [1.54, 1.807) is 0 Å². The van der Waals surface area contributed by atoms with Crippen LogP contribution in [0.4, 0.5) is 0 Å². The van der Waals surface area contributed by atoms with Gasteiger partial charge in [-0.25, -0.2) is 4.79 Å². The number of likely N-dealkylation sites (N-methyl/N-ethyl adjacent to an activating group) is 1. The second-order valence-corrected chi connectivity index (χ2v) is 12.5. The van der Waals surface area contributed by atoms with Crippen molar-refractivity contribution in [2.75, 3.05) is 20.7 Å². The Labute approximate surface area is 252 Å². The third kappa shape index (κ3) is 14.9. The Balaban J connectivity index is 1.58. The van der Waals surface area contributed by atoms with Crippen LogP contribution in [-0.2, 0) is 22.5 Å². The maximum atomic E-state index is 12.9. The predicted molar refractivity (Wildman–Crippen MR) is 173 cm³/mol. The summed E-state index contributed by atoms with van der Waals surface area (Å²) in [5, 5.41) is 0. The Morgan fingerprint density at radius 1 is 0.732 bits per heavy atom. The molecule has 0 N–H and O–H groups in total. The molecule has 0 spiro atoms. The molecule has 2 aromatic carbocycles. The van der Waals surface area contributed by atoms with E-state index in [1.165, 1.54) is 88.2 Å². The fourth-order valence-corrected chi connectivity index (χ4v) is 5.73. The summed E-state index contributed by atoms with van der Waals surface area (Å²) in [6.07, 6.45) is 19.2. The highest BCUT2D eigenvalue weighted by molar-refractivity contribution is 5.74. The Morgan fingerprint density at radius 2 is 1.29 bits per heavy atom. The molecule has 41 heavy (non-hydrogen) atoms. The summed E-state index contributed by atoms with van der Waals surface area (Å²) >= 11 is 0. The number of carbonyl (C=O) groups excluding carboxylic acids is 1. The Kier molecular flexibility index (Phi) is 17.5. The molecule has 0 radical (unpaired) electrons. The molecule has 0 aromatic heterocycles. The van der Waals surface area contributed by atoms with Gasteiger partial charge in [0.15, 0.2) is 6.04 Å². The number of aryl methyl sites for hydroxylation is 1. The van der Waals surface area contributed by atoms with Crippen molar-refractivity contribution in [3.05, 3.63) is 65.7 Å². The number of hydrogen-bond donors (Lipinski definition) is 0. The van der Waals surface area contributed by atoms with E-state index in [4.69, 9.17) is 9.47 Å². The van der Waals surface area contributed by atoms with Gasteiger partial charge in [0, 0.05) is 18.4 Å². The van der Waals surface area contributed by atoms with E-state index < -0.39 is 0 Å². The monoisotopic (exact) mass is 566 g/mol. The van der Waals surface area contributed by atoms with Gasteiger partial charge in [-0.3, -0.25) is 0 Å². The van der Waals surface area contributed by atoms with E-state index in [2.05, 4.69) is 64.3 Å². The molecule has 2 unspecified atom stereocenters. The van der Waals surface area contributed by atoms with Crippen LogP contribution in [0.3, 0.4) is 0 Å². The van der Waals surface area contributed by atoms with Gasteiger partial charge >= 0.3 is 5.97 Å². The number of ether oxygens (including phenoxy) is 2. The van der Waals surface area contributed by atoms with Crippen LogP contribution in [0.15, 0.2) is 54.6 Å². The van der Waals surface area contributed by atoms with E-state index in [1.807, 2.05) is 25.1 Å². The summed E-state index contributed by atoms with van der Waals surface area (Å²) in [4.78, 5) is 12.9. The molecule has 4 heteroatoms. The average molecular weight is 567 g/mol. The van der Waals surface area contributed by atoms with Gasteiger partial charge in [-0.1, -0.05) is 127 Å². The molecule has 0 saturated heterocycles. The quantitative estimate of drug-likeness (QED) is 0.0763. The van der Waals surface area contributed by atoms with Crippen molar-refractivity contribution in [1.82, 2.24) is 0 Å². The molecule has 230 valence electrons. The Morgan fingerprint density at radius 3 is 1.85 bits per heavy atom. The highest BCUT2D eigenvalue weighted by atomic mass is 16.5. The van der Waals surface area contributed by atoms with E-state index >= 15 is 0 Å². The molecular formula is C37H60NO3+. The zero-order chi connectivity index (χ0) is 29.8. The molecular weight excluding hydrogens is 506 g/mol. The standard InChI is InChI=1S/C37H60NO3/c1-6-8-9-10-11-12-13-14-15-16-17-19-22-33-25-27-35(28-26-33)41-32(3)29-30-40-37(39)36(7-2)38(4,5)31-34-23-20-18-21-24-34/h18,20-21,23-28,32,36H,6-17,19,22,29-31H2,1-5H3/q+1. The molecule has 2 atom stereocenters. The van der Waals surface area contributed by atoms with Crippen LogP contribution >= 0.6 is 0 Å². The molecule has 0 amide bonds. The number of hydrogen-bond acceptors (Lipinski definition) is 3. The Bertz CT molecular complexity index is 925. The number of quaternary nitrogens is 1. The van der Waals surface area contributed by atoms with Crippen molar-refractivity contribution < 1.29 is 18.8 Å². The predicted octanol–water partition coefficient (Wildman–Crippen LogP) is 9.69. The Hall–Kier alpha value is -2.33. The molecule has 0 heterocycles. The molecule has 2 rings (SSSR count). The highest BCUT2D eigenvalue weighted by Gasteiger charge is 2.35. The molecule has 0 aliphatic rings. The summed E-state index contributed by atoms with van der Waals surface area (Å²) in [5.41, 5.74) is 2.61. The molecule has 0 bridgehead atoms. The summed E-state index contributed by atoms with van der Waals surface area (Å²) < 4.78 is 12.4. The van der Waals surface area contributed by atoms with Crippen LogP contribution in [0, 0.1) is 0 Å². The van der Waals surface area contributed by atoms with Gasteiger partial charge in [0.1, 0.15) is 12.3 Å². The lowest BCUT2D eigenvalue weighted by Crippen LogP contribution is -2.52. The zero-order valence-electron chi connectivity index (χ0n) is 27.0. The number of nitrogens with zero attached hydrogens (tertiary/aromatic N) is 1. The topological polar surface area (TPSA) is 35.5 Å². The van der Waals surface area contributed by atoms with Crippen LogP contribution < -0.4 is 4.74 Å². The molecule has 0 aliphatic heterocycles. The van der Waals surface area contributed by atoms with E-state index in [0.29, 0.717) is 17.5 Å². The maximum absolute atomic E-state index is 12.9. The van der Waals surface area contributed by atoms with Crippen molar-refractivity contribution in [3.8, 4) is 5.75 Å². The first kappa shape index (κ1) is 34.9. The number of rotatable bonds is 23. The van der Waals surface area contributed by atoms with Gasteiger partial charge in [-0.05, 0) is 37.5 Å². The third-order valence-electron chi connectivity index (χ3n) is 8.28. The minimum atomic E-state index is -0.191. The molecule has 4 nitrogen and oxygen atoms in total. The molecule has 2 aromatic rings. The van der Waals surface area contributed by atoms with Crippen LogP contribution in [0.1, 0.15) is 122 Å². The number of benzene rings is 2. The normalized spacial score (nSPS) is 13.1. The van der Waals surface area contributed by atoms with Gasteiger partial charge in [0.25, 0.3) is 0 Å². The van der Waals surface area contributed by atoms with Crippen molar-refractivity contribution >= 4 is 5.97 Å². The van der Waals surface area contributed by atoms with Gasteiger partial charge in [-0.15, -0.1) is 0 Å². The van der Waals surface area contributed by atoms with Crippen LogP contribution in [-0.4, -0.2) is 43.3 Å². The van der Waals surface area contributed by atoms with Gasteiger partial charge in [0.2, 0.25) is 0 Å². The second-order valence-electron chi connectivity index (χ2n) is 12.5. The average Bonchev–Trinajstić information content (AvgIpc) is 2.95. The van der Waals surface area contributed by atoms with E-state index in [-0.39, 0.29) is 18.1 Å². The molecule has 0 saturated carbocycles. The minimum absolute atomic E-state index is 0.0168. The SMILES string of the molecule is CCCCCCCCCCCCCCc1ccc(OC(C)CCOC(=O)C(CC)[N+](C)(C)Cc2ccccc2)cc1. The lowest BCUT2D eigenvalue weighted by atomic mass is 10.0. The number of unbranched alkanes of at least 4 members (excludes halogenated alkanes) is 11. The van der Waals surface area contributed by atoms with Crippen LogP contribution in [0.2, 0.25) is 0 Å². The fourth-order valence-electron chi connectivity index (χ4n) is 5.73. The van der Waals surface area contributed by atoms with Gasteiger partial charge < -0.3 is 14.0 Å². The lowest BCUT2D eigenvalue weighted by molar-refractivity contribution is -0.919. The molecule has 0 aliphatic carbocycles. The van der Waals surface area contributed by atoms with Gasteiger partial charge in [0.05, 0.1) is 26.8 Å². The van der Waals surface area contributed by atoms with Crippen LogP contribution in [0.25, 0.3) is 0 Å². The molecule has 0 fully saturated rings. The zero-order valence-corrected chi connectivity index (χ0v) is 27.0. The number of carbonyl (C=O) groups is 1. The second kappa shape index (κ2) is 20.5. The van der Waals surface area contributed by atoms with E-state index in [0.717, 1.165) is 25.1 Å². The van der Waals surface area contributed by atoms with Crippen molar-refractivity contribution in [2.24, 2.45) is 0 Å². The fraction of sp³-hybridized carbons (Fsp3) is 0.649. The summed E-state index contributed by atoms with van der Waals surface area (Å²) in [5.74, 6) is 0.761.